The number of anilines is 1. The number of esters is 1. The summed E-state index contributed by atoms with van der Waals surface area (Å²) < 4.78 is 10.6. The lowest BCUT2D eigenvalue weighted by atomic mass is 9.92. The normalized spacial score (nSPS) is 22.3. The Kier molecular flexibility index (Phi) is 5.41. The third-order valence-electron chi connectivity index (χ3n) is 3.77. The van der Waals surface area contributed by atoms with Crippen molar-refractivity contribution in [2.75, 3.05) is 19.0 Å². The van der Waals surface area contributed by atoms with Crippen LogP contribution in [0.15, 0.2) is 24.3 Å². The second kappa shape index (κ2) is 7.29. The molecule has 0 radical (unpaired) electrons. The lowest BCUT2D eigenvalue weighted by Gasteiger charge is -2.32. The number of carbonyl (C=O) groups is 1. The van der Waals surface area contributed by atoms with Crippen LogP contribution in [-0.4, -0.2) is 31.8 Å². The predicted octanol–water partition coefficient (Wildman–Crippen LogP) is 3.23. The number of carbonyl (C=O) groups excluding carboxylic acids is 1. The molecule has 0 amide bonds. The first-order chi connectivity index (χ1) is 9.76. The highest BCUT2D eigenvalue weighted by molar-refractivity contribution is 5.95. The number of para-hydroxylation sites is 1. The average Bonchev–Trinajstić information content (AvgIpc) is 2.48. The quantitative estimate of drug-likeness (QED) is 0.839. The Hall–Kier alpha value is -1.55. The van der Waals surface area contributed by atoms with Gasteiger partial charge < -0.3 is 14.8 Å². The molecule has 4 heteroatoms. The molecule has 2 rings (SSSR count). The fourth-order valence-electron chi connectivity index (χ4n) is 2.74. The summed E-state index contributed by atoms with van der Waals surface area (Å²) in [4.78, 5) is 12.0. The maximum absolute atomic E-state index is 12.0. The lowest BCUT2D eigenvalue weighted by molar-refractivity contribution is 0.0524. The van der Waals surface area contributed by atoms with Crippen molar-refractivity contribution < 1.29 is 14.3 Å². The van der Waals surface area contributed by atoms with Gasteiger partial charge in [0.05, 0.1) is 24.3 Å². The van der Waals surface area contributed by atoms with Crippen molar-refractivity contribution in [3.8, 4) is 0 Å². The van der Waals surface area contributed by atoms with Crippen molar-refractivity contribution in [1.29, 1.82) is 0 Å². The minimum atomic E-state index is -0.277. The van der Waals surface area contributed by atoms with Crippen LogP contribution in [0, 0.1) is 0 Å². The Morgan fingerprint density at radius 1 is 1.30 bits per heavy atom. The Bertz CT molecular complexity index is 447. The third kappa shape index (κ3) is 3.51. The van der Waals surface area contributed by atoms with Gasteiger partial charge in [0, 0.05) is 12.8 Å². The topological polar surface area (TPSA) is 47.6 Å². The molecule has 110 valence electrons. The Morgan fingerprint density at radius 2 is 2.05 bits per heavy atom. The molecule has 0 aliphatic heterocycles. The average molecular weight is 277 g/mol. The summed E-state index contributed by atoms with van der Waals surface area (Å²) in [5.74, 6) is -0.277. The van der Waals surface area contributed by atoms with Gasteiger partial charge in [0.15, 0.2) is 0 Å². The van der Waals surface area contributed by atoms with Gasteiger partial charge in [-0.2, -0.15) is 0 Å². The van der Waals surface area contributed by atoms with Gasteiger partial charge in [0.2, 0.25) is 0 Å². The fraction of sp³-hybridized carbons (Fsp3) is 0.562. The molecule has 2 unspecified atom stereocenters. The van der Waals surface area contributed by atoms with E-state index < -0.39 is 0 Å². The van der Waals surface area contributed by atoms with Crippen LogP contribution in [0.3, 0.4) is 0 Å². The van der Waals surface area contributed by atoms with E-state index in [-0.39, 0.29) is 18.1 Å². The van der Waals surface area contributed by atoms with E-state index in [1.807, 2.05) is 25.1 Å². The smallest absolute Gasteiger partial charge is 0.340 e. The first-order valence-corrected chi connectivity index (χ1v) is 7.31. The number of nitrogens with one attached hydrogen (secondary N) is 1. The summed E-state index contributed by atoms with van der Waals surface area (Å²) in [6, 6.07) is 7.75. The molecular formula is C16H23NO3. The van der Waals surface area contributed by atoms with Crippen LogP contribution in [0.2, 0.25) is 0 Å². The summed E-state index contributed by atoms with van der Waals surface area (Å²) in [5, 5.41) is 3.46. The van der Waals surface area contributed by atoms with Gasteiger partial charge >= 0.3 is 5.97 Å². The molecule has 0 heterocycles. The fourth-order valence-corrected chi connectivity index (χ4v) is 2.74. The molecule has 0 bridgehead atoms. The summed E-state index contributed by atoms with van der Waals surface area (Å²) in [5.41, 5.74) is 1.43. The first-order valence-electron chi connectivity index (χ1n) is 7.31. The standard InChI is InChI=1S/C16H23NO3/c1-3-20-16(18)12-8-4-5-9-13(12)17-14-10-6-7-11-15(14)19-2/h4-5,8-9,14-15,17H,3,6-7,10-11H2,1-2H3. The molecule has 1 fully saturated rings. The zero-order valence-electron chi connectivity index (χ0n) is 12.2. The third-order valence-corrected chi connectivity index (χ3v) is 3.77. The number of hydrogen-bond donors (Lipinski definition) is 1. The van der Waals surface area contributed by atoms with Crippen molar-refractivity contribution in [1.82, 2.24) is 0 Å². The van der Waals surface area contributed by atoms with Crippen molar-refractivity contribution in [2.45, 2.75) is 44.8 Å². The highest BCUT2D eigenvalue weighted by Crippen LogP contribution is 2.26. The predicted molar refractivity (Wildman–Crippen MR) is 79.1 cm³/mol. The van der Waals surface area contributed by atoms with E-state index in [9.17, 15) is 4.79 Å². The summed E-state index contributed by atoms with van der Waals surface area (Å²) in [7, 11) is 1.75. The van der Waals surface area contributed by atoms with E-state index in [1.54, 1.807) is 13.2 Å². The van der Waals surface area contributed by atoms with Gasteiger partial charge in [0.1, 0.15) is 0 Å². The van der Waals surface area contributed by atoms with Crippen molar-refractivity contribution >= 4 is 11.7 Å². The van der Waals surface area contributed by atoms with E-state index in [1.165, 1.54) is 12.8 Å². The number of rotatable bonds is 5. The molecule has 20 heavy (non-hydrogen) atoms. The molecule has 1 aromatic carbocycles. The van der Waals surface area contributed by atoms with Gasteiger partial charge in [-0.05, 0) is 31.9 Å². The van der Waals surface area contributed by atoms with Gasteiger partial charge in [-0.15, -0.1) is 0 Å². The maximum atomic E-state index is 12.0. The Labute approximate surface area is 120 Å². The molecule has 0 aromatic heterocycles. The van der Waals surface area contributed by atoms with Gasteiger partial charge in [-0.1, -0.05) is 25.0 Å². The highest BCUT2D eigenvalue weighted by atomic mass is 16.5. The van der Waals surface area contributed by atoms with E-state index in [0.29, 0.717) is 12.2 Å². The highest BCUT2D eigenvalue weighted by Gasteiger charge is 2.26. The molecule has 1 saturated carbocycles. The number of methoxy groups -OCH3 is 1. The van der Waals surface area contributed by atoms with Crippen molar-refractivity contribution in [3.05, 3.63) is 29.8 Å². The van der Waals surface area contributed by atoms with Crippen LogP contribution in [0.4, 0.5) is 5.69 Å². The van der Waals surface area contributed by atoms with Crippen LogP contribution in [0.5, 0.6) is 0 Å². The molecule has 4 nitrogen and oxygen atoms in total. The minimum Gasteiger partial charge on any atom is -0.462 e. The molecule has 2 atom stereocenters. The molecule has 0 saturated heterocycles. The molecule has 1 N–H and O–H groups in total. The lowest BCUT2D eigenvalue weighted by Crippen LogP contribution is -2.38. The van der Waals surface area contributed by atoms with E-state index in [4.69, 9.17) is 9.47 Å². The van der Waals surface area contributed by atoms with Gasteiger partial charge in [-0.25, -0.2) is 4.79 Å². The second-order valence-corrected chi connectivity index (χ2v) is 5.08. The van der Waals surface area contributed by atoms with Crippen LogP contribution in [0.25, 0.3) is 0 Å². The summed E-state index contributed by atoms with van der Waals surface area (Å²) >= 11 is 0. The van der Waals surface area contributed by atoms with Gasteiger partial charge in [-0.3, -0.25) is 0 Å². The van der Waals surface area contributed by atoms with Crippen molar-refractivity contribution in [2.24, 2.45) is 0 Å². The van der Waals surface area contributed by atoms with E-state index in [0.717, 1.165) is 18.5 Å². The molecule has 1 aliphatic rings. The Morgan fingerprint density at radius 3 is 2.80 bits per heavy atom. The van der Waals surface area contributed by atoms with Gasteiger partial charge in [0.25, 0.3) is 0 Å². The zero-order valence-corrected chi connectivity index (χ0v) is 12.2. The zero-order chi connectivity index (χ0) is 14.4. The maximum Gasteiger partial charge on any atom is 0.340 e. The Balaban J connectivity index is 2.13. The SMILES string of the molecule is CCOC(=O)c1ccccc1NC1CCCCC1OC. The van der Waals surface area contributed by atoms with Crippen LogP contribution >= 0.6 is 0 Å². The monoisotopic (exact) mass is 277 g/mol. The van der Waals surface area contributed by atoms with Crippen LogP contribution < -0.4 is 5.32 Å². The largest absolute Gasteiger partial charge is 0.462 e. The second-order valence-electron chi connectivity index (χ2n) is 5.08. The van der Waals surface area contributed by atoms with E-state index in [2.05, 4.69) is 5.32 Å². The minimum absolute atomic E-state index is 0.207. The first kappa shape index (κ1) is 14.9. The number of hydrogen-bond acceptors (Lipinski definition) is 4. The molecule has 0 spiro atoms. The van der Waals surface area contributed by atoms with E-state index >= 15 is 0 Å². The summed E-state index contributed by atoms with van der Waals surface area (Å²) in [6.45, 7) is 2.20. The van der Waals surface area contributed by atoms with Crippen LogP contribution in [-0.2, 0) is 9.47 Å². The van der Waals surface area contributed by atoms with Crippen LogP contribution in [0.1, 0.15) is 43.0 Å². The molecule has 1 aromatic rings. The summed E-state index contributed by atoms with van der Waals surface area (Å²) in [6.07, 6.45) is 4.74. The number of benzene rings is 1. The molecular weight excluding hydrogens is 254 g/mol. The number of ether oxygens (including phenoxy) is 2. The van der Waals surface area contributed by atoms with Crippen molar-refractivity contribution in [3.63, 3.8) is 0 Å². The molecule has 1 aliphatic carbocycles.